The molecule has 0 fully saturated rings. The molecule has 0 saturated heterocycles. The summed E-state index contributed by atoms with van der Waals surface area (Å²) in [5.41, 5.74) is 8.19. The van der Waals surface area contributed by atoms with E-state index in [1.54, 1.807) is 0 Å². The Kier molecular flexibility index (Phi) is 5.19. The average molecular weight is 281 g/mol. The number of nitrogens with one attached hydrogen (secondary N) is 1. The Morgan fingerprint density at radius 3 is 2.00 bits per heavy atom. The summed E-state index contributed by atoms with van der Waals surface area (Å²) in [4.78, 5) is 0. The molecule has 2 aromatic carbocycles. The third-order valence-corrected chi connectivity index (χ3v) is 4.01. The summed E-state index contributed by atoms with van der Waals surface area (Å²) < 4.78 is 0. The van der Waals surface area contributed by atoms with Gasteiger partial charge in [0.1, 0.15) is 0 Å². The van der Waals surface area contributed by atoms with Gasteiger partial charge in [0, 0.05) is 0 Å². The van der Waals surface area contributed by atoms with Crippen LogP contribution in [0.15, 0.2) is 36.4 Å². The van der Waals surface area contributed by atoms with Crippen molar-refractivity contribution >= 4 is 0 Å². The Labute approximate surface area is 129 Å². The molecule has 1 unspecified atom stereocenters. The quantitative estimate of drug-likeness (QED) is 0.812. The minimum atomic E-state index is 0.282. The van der Waals surface area contributed by atoms with E-state index in [-0.39, 0.29) is 6.04 Å². The molecule has 1 nitrogen and oxygen atoms in total. The Bertz CT molecular complexity index is 573. The first kappa shape index (κ1) is 15.8. The van der Waals surface area contributed by atoms with Gasteiger partial charge in [0.05, 0.1) is 6.04 Å². The van der Waals surface area contributed by atoms with Gasteiger partial charge in [-0.2, -0.15) is 0 Å². The maximum atomic E-state index is 3.74. The van der Waals surface area contributed by atoms with E-state index in [1.807, 2.05) is 0 Å². The second kappa shape index (κ2) is 6.91. The van der Waals surface area contributed by atoms with Crippen LogP contribution in [0.5, 0.6) is 0 Å². The van der Waals surface area contributed by atoms with Crippen LogP contribution < -0.4 is 5.32 Å². The van der Waals surface area contributed by atoms with Crippen LogP contribution in [0.25, 0.3) is 0 Å². The van der Waals surface area contributed by atoms with E-state index in [2.05, 4.69) is 76.3 Å². The van der Waals surface area contributed by atoms with Gasteiger partial charge >= 0.3 is 0 Å². The van der Waals surface area contributed by atoms with Crippen LogP contribution >= 0.6 is 0 Å². The first-order valence-corrected chi connectivity index (χ1v) is 7.90. The molecule has 1 N–H and O–H groups in total. The van der Waals surface area contributed by atoms with E-state index < -0.39 is 0 Å². The maximum Gasteiger partial charge on any atom is 0.0582 e. The van der Waals surface area contributed by atoms with Crippen LogP contribution in [0.3, 0.4) is 0 Å². The lowest BCUT2D eigenvalue weighted by molar-refractivity contribution is 0.593. The minimum Gasteiger partial charge on any atom is -0.306 e. The number of rotatable bonds is 5. The Morgan fingerprint density at radius 1 is 0.905 bits per heavy atom. The first-order chi connectivity index (χ1) is 10.0. The fourth-order valence-electron chi connectivity index (χ4n) is 3.13. The molecule has 21 heavy (non-hydrogen) atoms. The first-order valence-electron chi connectivity index (χ1n) is 7.90. The Balaban J connectivity index is 2.52. The second-order valence-electron chi connectivity index (χ2n) is 6.11. The average Bonchev–Trinajstić information content (AvgIpc) is 2.41. The zero-order valence-corrected chi connectivity index (χ0v) is 14.0. The van der Waals surface area contributed by atoms with Crippen molar-refractivity contribution in [1.29, 1.82) is 0 Å². The molecular weight excluding hydrogens is 254 g/mol. The highest BCUT2D eigenvalue weighted by atomic mass is 14.9. The van der Waals surface area contributed by atoms with Gasteiger partial charge in [0.2, 0.25) is 0 Å². The number of benzene rings is 2. The van der Waals surface area contributed by atoms with Crippen molar-refractivity contribution < 1.29 is 0 Å². The number of hydrogen-bond acceptors (Lipinski definition) is 1. The van der Waals surface area contributed by atoms with Crippen molar-refractivity contribution in [2.24, 2.45) is 0 Å². The second-order valence-corrected chi connectivity index (χ2v) is 6.11. The van der Waals surface area contributed by atoms with Crippen molar-refractivity contribution in [3.63, 3.8) is 0 Å². The van der Waals surface area contributed by atoms with Crippen molar-refractivity contribution in [3.05, 3.63) is 69.8 Å². The molecule has 0 amide bonds. The predicted octanol–water partition coefficient (Wildman–Crippen LogP) is 5.01. The lowest BCUT2D eigenvalue weighted by Gasteiger charge is -2.24. The minimum absolute atomic E-state index is 0.282. The molecule has 0 aliphatic heterocycles. The third-order valence-electron chi connectivity index (χ3n) is 4.01. The SMILES string of the molecule is CCCNC(c1cc(C)cc(C)c1)c1c(C)cccc1C. The molecule has 1 heteroatoms. The summed E-state index contributed by atoms with van der Waals surface area (Å²) >= 11 is 0. The monoisotopic (exact) mass is 281 g/mol. The van der Waals surface area contributed by atoms with E-state index in [4.69, 9.17) is 0 Å². The lowest BCUT2D eigenvalue weighted by atomic mass is 9.90. The highest BCUT2D eigenvalue weighted by Gasteiger charge is 2.18. The lowest BCUT2D eigenvalue weighted by Crippen LogP contribution is -2.25. The Morgan fingerprint density at radius 2 is 1.48 bits per heavy atom. The van der Waals surface area contributed by atoms with Gasteiger partial charge in [0.25, 0.3) is 0 Å². The molecule has 1 atom stereocenters. The van der Waals surface area contributed by atoms with Crippen LogP contribution in [-0.4, -0.2) is 6.54 Å². The molecule has 112 valence electrons. The standard InChI is InChI=1S/C20H27N/c1-6-10-21-20(18-12-14(2)11-15(3)13-18)19-16(4)8-7-9-17(19)5/h7-9,11-13,20-21H,6,10H2,1-5H3. The molecule has 2 aromatic rings. The van der Waals surface area contributed by atoms with Crippen LogP contribution in [0.2, 0.25) is 0 Å². The van der Waals surface area contributed by atoms with Gasteiger partial charge in [-0.05, 0) is 62.9 Å². The van der Waals surface area contributed by atoms with Gasteiger partial charge in [-0.1, -0.05) is 54.4 Å². The number of hydrogen-bond donors (Lipinski definition) is 1. The fraction of sp³-hybridized carbons (Fsp3) is 0.400. The van der Waals surface area contributed by atoms with E-state index in [0.717, 1.165) is 13.0 Å². The smallest absolute Gasteiger partial charge is 0.0582 e. The third kappa shape index (κ3) is 3.74. The Hall–Kier alpha value is -1.60. The molecule has 0 saturated carbocycles. The van der Waals surface area contributed by atoms with Gasteiger partial charge in [-0.3, -0.25) is 0 Å². The molecule has 2 rings (SSSR count). The number of aryl methyl sites for hydroxylation is 4. The maximum absolute atomic E-state index is 3.74. The van der Waals surface area contributed by atoms with E-state index in [0.29, 0.717) is 0 Å². The van der Waals surface area contributed by atoms with E-state index >= 15 is 0 Å². The summed E-state index contributed by atoms with van der Waals surface area (Å²) in [7, 11) is 0. The van der Waals surface area contributed by atoms with Crippen LogP contribution in [0.4, 0.5) is 0 Å². The molecule has 0 aliphatic rings. The summed E-state index contributed by atoms with van der Waals surface area (Å²) in [5, 5.41) is 3.74. The van der Waals surface area contributed by atoms with Crippen molar-refractivity contribution in [3.8, 4) is 0 Å². The van der Waals surface area contributed by atoms with Crippen molar-refractivity contribution in [2.75, 3.05) is 6.54 Å². The molecule has 0 aromatic heterocycles. The predicted molar refractivity (Wildman–Crippen MR) is 92.0 cm³/mol. The zero-order valence-electron chi connectivity index (χ0n) is 14.0. The topological polar surface area (TPSA) is 12.0 Å². The molecule has 0 heterocycles. The van der Waals surface area contributed by atoms with Gasteiger partial charge in [-0.25, -0.2) is 0 Å². The van der Waals surface area contributed by atoms with Crippen LogP contribution in [0.1, 0.15) is 52.8 Å². The molecule has 0 spiro atoms. The van der Waals surface area contributed by atoms with Gasteiger partial charge in [0.15, 0.2) is 0 Å². The summed E-state index contributed by atoms with van der Waals surface area (Å²) in [6.07, 6.45) is 1.15. The highest BCUT2D eigenvalue weighted by molar-refractivity contribution is 5.43. The summed E-state index contributed by atoms with van der Waals surface area (Å²) in [6, 6.07) is 13.7. The molecule has 0 bridgehead atoms. The summed E-state index contributed by atoms with van der Waals surface area (Å²) in [5.74, 6) is 0. The normalized spacial score (nSPS) is 12.4. The molecule has 0 radical (unpaired) electrons. The van der Waals surface area contributed by atoms with Crippen molar-refractivity contribution in [2.45, 2.75) is 47.1 Å². The van der Waals surface area contributed by atoms with Gasteiger partial charge in [-0.15, -0.1) is 0 Å². The summed E-state index contributed by atoms with van der Waals surface area (Å²) in [6.45, 7) is 12.0. The zero-order chi connectivity index (χ0) is 15.4. The molecular formula is C20H27N. The van der Waals surface area contributed by atoms with Crippen molar-refractivity contribution in [1.82, 2.24) is 5.32 Å². The van der Waals surface area contributed by atoms with Crippen LogP contribution in [0, 0.1) is 27.7 Å². The van der Waals surface area contributed by atoms with Crippen LogP contribution in [-0.2, 0) is 0 Å². The molecule has 0 aliphatic carbocycles. The fourth-order valence-corrected chi connectivity index (χ4v) is 3.13. The van der Waals surface area contributed by atoms with E-state index in [9.17, 15) is 0 Å². The highest BCUT2D eigenvalue weighted by Crippen LogP contribution is 2.29. The van der Waals surface area contributed by atoms with Gasteiger partial charge < -0.3 is 5.32 Å². The largest absolute Gasteiger partial charge is 0.306 e. The van der Waals surface area contributed by atoms with E-state index in [1.165, 1.54) is 33.4 Å².